The number of anilines is 1. The molecule has 1 N–H and O–H groups in total. The van der Waals surface area contributed by atoms with Crippen molar-refractivity contribution in [3.05, 3.63) is 70.7 Å². The van der Waals surface area contributed by atoms with Crippen molar-refractivity contribution in [1.82, 2.24) is 9.78 Å². The Hall–Kier alpha value is -3.41. The van der Waals surface area contributed by atoms with E-state index in [2.05, 4.69) is 17.3 Å². The Morgan fingerprint density at radius 2 is 1.88 bits per heavy atom. The Morgan fingerprint density at radius 3 is 2.65 bits per heavy atom. The second-order valence-electron chi connectivity index (χ2n) is 6.05. The molecule has 130 valence electrons. The van der Waals surface area contributed by atoms with Gasteiger partial charge >= 0.3 is 5.63 Å². The SMILES string of the molecule is CCc1ccc(NC(=O)Cn2ncc3c(=O)oc4ccccc4c32)cc1. The fraction of sp³-hybridized carbons (Fsp3) is 0.150. The fourth-order valence-electron chi connectivity index (χ4n) is 3.01. The number of nitrogens with zero attached hydrogens (tertiary/aromatic N) is 2. The average molecular weight is 347 g/mol. The van der Waals surface area contributed by atoms with E-state index in [4.69, 9.17) is 4.42 Å². The number of aryl methyl sites for hydroxylation is 1. The fourth-order valence-corrected chi connectivity index (χ4v) is 3.01. The minimum Gasteiger partial charge on any atom is -0.422 e. The predicted molar refractivity (Wildman–Crippen MR) is 100 cm³/mol. The maximum absolute atomic E-state index is 12.4. The summed E-state index contributed by atoms with van der Waals surface area (Å²) >= 11 is 0. The van der Waals surface area contributed by atoms with Crippen LogP contribution < -0.4 is 10.9 Å². The van der Waals surface area contributed by atoms with Gasteiger partial charge in [-0.15, -0.1) is 0 Å². The molecule has 0 fully saturated rings. The Kier molecular flexibility index (Phi) is 4.01. The molecule has 0 spiro atoms. The van der Waals surface area contributed by atoms with Crippen LogP contribution in [0.2, 0.25) is 0 Å². The van der Waals surface area contributed by atoms with Crippen LogP contribution in [0.3, 0.4) is 0 Å². The molecule has 6 heteroatoms. The molecule has 0 saturated heterocycles. The highest BCUT2D eigenvalue weighted by atomic mass is 16.4. The minimum absolute atomic E-state index is 0.00643. The zero-order valence-corrected chi connectivity index (χ0v) is 14.2. The highest BCUT2D eigenvalue weighted by Gasteiger charge is 2.15. The van der Waals surface area contributed by atoms with Crippen molar-refractivity contribution in [3.63, 3.8) is 0 Å². The van der Waals surface area contributed by atoms with E-state index in [0.717, 1.165) is 17.5 Å². The Labute approximate surface area is 149 Å². The number of hydrogen-bond acceptors (Lipinski definition) is 4. The smallest absolute Gasteiger partial charge is 0.347 e. The van der Waals surface area contributed by atoms with Crippen LogP contribution in [0, 0.1) is 0 Å². The van der Waals surface area contributed by atoms with Crippen LogP contribution in [0.4, 0.5) is 5.69 Å². The van der Waals surface area contributed by atoms with E-state index in [1.807, 2.05) is 36.4 Å². The zero-order chi connectivity index (χ0) is 18.1. The van der Waals surface area contributed by atoms with Crippen LogP contribution in [0.15, 0.2) is 63.9 Å². The Balaban J connectivity index is 1.66. The van der Waals surface area contributed by atoms with Crippen molar-refractivity contribution in [2.45, 2.75) is 19.9 Å². The van der Waals surface area contributed by atoms with Crippen LogP contribution in [-0.2, 0) is 17.8 Å². The van der Waals surface area contributed by atoms with Crippen molar-refractivity contribution in [3.8, 4) is 0 Å². The lowest BCUT2D eigenvalue weighted by Gasteiger charge is -2.08. The summed E-state index contributed by atoms with van der Waals surface area (Å²) in [7, 11) is 0. The number of para-hydroxylation sites is 1. The lowest BCUT2D eigenvalue weighted by molar-refractivity contribution is -0.116. The number of aromatic nitrogens is 2. The topological polar surface area (TPSA) is 77.1 Å². The van der Waals surface area contributed by atoms with Crippen LogP contribution in [-0.4, -0.2) is 15.7 Å². The molecule has 4 aromatic rings. The van der Waals surface area contributed by atoms with Gasteiger partial charge in [-0.05, 0) is 36.2 Å². The highest BCUT2D eigenvalue weighted by molar-refractivity contribution is 6.02. The quantitative estimate of drug-likeness (QED) is 0.574. The molecule has 0 bridgehead atoms. The summed E-state index contributed by atoms with van der Waals surface area (Å²) in [5.74, 6) is -0.212. The third kappa shape index (κ3) is 2.86. The van der Waals surface area contributed by atoms with Gasteiger partial charge in [0, 0.05) is 11.1 Å². The number of rotatable bonds is 4. The second kappa shape index (κ2) is 6.48. The number of amides is 1. The normalized spacial score (nSPS) is 11.1. The lowest BCUT2D eigenvalue weighted by atomic mass is 10.1. The summed E-state index contributed by atoms with van der Waals surface area (Å²) in [6, 6.07) is 14.9. The summed E-state index contributed by atoms with van der Waals surface area (Å²) in [6.07, 6.45) is 2.39. The zero-order valence-electron chi connectivity index (χ0n) is 14.2. The number of fused-ring (bicyclic) bond motifs is 3. The van der Waals surface area contributed by atoms with Crippen molar-refractivity contribution in [2.24, 2.45) is 0 Å². The average Bonchev–Trinajstić information content (AvgIpc) is 3.07. The second-order valence-corrected chi connectivity index (χ2v) is 6.05. The van der Waals surface area contributed by atoms with Gasteiger partial charge in [0.15, 0.2) is 0 Å². The third-order valence-electron chi connectivity index (χ3n) is 4.34. The largest absolute Gasteiger partial charge is 0.422 e. The highest BCUT2D eigenvalue weighted by Crippen LogP contribution is 2.22. The van der Waals surface area contributed by atoms with Gasteiger partial charge in [0.2, 0.25) is 5.91 Å². The molecule has 2 aromatic heterocycles. The van der Waals surface area contributed by atoms with Crippen molar-refractivity contribution >= 4 is 33.5 Å². The van der Waals surface area contributed by atoms with Gasteiger partial charge < -0.3 is 9.73 Å². The van der Waals surface area contributed by atoms with E-state index in [9.17, 15) is 9.59 Å². The van der Waals surface area contributed by atoms with Crippen molar-refractivity contribution in [1.29, 1.82) is 0 Å². The molecule has 2 heterocycles. The predicted octanol–water partition coefficient (Wildman–Crippen LogP) is 3.34. The lowest BCUT2D eigenvalue weighted by Crippen LogP contribution is -2.19. The Morgan fingerprint density at radius 1 is 1.12 bits per heavy atom. The molecule has 0 unspecified atom stereocenters. The third-order valence-corrected chi connectivity index (χ3v) is 4.34. The summed E-state index contributed by atoms with van der Waals surface area (Å²) < 4.78 is 6.83. The Bertz CT molecular complexity index is 1160. The maximum atomic E-state index is 12.4. The molecule has 0 radical (unpaired) electrons. The van der Waals surface area contributed by atoms with Gasteiger partial charge in [0.1, 0.15) is 17.5 Å². The van der Waals surface area contributed by atoms with Gasteiger partial charge in [-0.1, -0.05) is 31.2 Å². The molecule has 0 aliphatic heterocycles. The molecule has 1 amide bonds. The standard InChI is InChI=1S/C20H17N3O3/c1-2-13-7-9-14(10-8-13)22-18(24)12-23-19-15-5-3-4-6-17(15)26-20(25)16(19)11-21-23/h3-11H,2,12H2,1H3,(H,22,24). The van der Waals surface area contributed by atoms with Crippen LogP contribution in [0.1, 0.15) is 12.5 Å². The first-order valence-electron chi connectivity index (χ1n) is 8.42. The summed E-state index contributed by atoms with van der Waals surface area (Å²) in [5.41, 5.74) is 2.56. The molecule has 0 aliphatic rings. The van der Waals surface area contributed by atoms with Crippen LogP contribution in [0.25, 0.3) is 21.9 Å². The van der Waals surface area contributed by atoms with Crippen molar-refractivity contribution < 1.29 is 9.21 Å². The number of benzene rings is 2. The number of hydrogen-bond donors (Lipinski definition) is 1. The molecule has 6 nitrogen and oxygen atoms in total. The molecular formula is C20H17N3O3. The van der Waals surface area contributed by atoms with E-state index >= 15 is 0 Å². The van der Waals surface area contributed by atoms with Crippen molar-refractivity contribution in [2.75, 3.05) is 5.32 Å². The maximum Gasteiger partial charge on any atom is 0.347 e. The summed E-state index contributed by atoms with van der Waals surface area (Å²) in [5, 5.41) is 8.18. The number of carbonyl (C=O) groups is 1. The molecule has 4 rings (SSSR count). The molecule has 0 saturated carbocycles. The number of carbonyl (C=O) groups excluding carboxylic acids is 1. The minimum atomic E-state index is -0.458. The van der Waals surface area contributed by atoms with Gasteiger partial charge in [0.05, 0.1) is 11.7 Å². The molecule has 26 heavy (non-hydrogen) atoms. The molecule has 0 atom stereocenters. The summed E-state index contributed by atoms with van der Waals surface area (Å²) in [4.78, 5) is 24.5. The first-order chi connectivity index (χ1) is 12.7. The summed E-state index contributed by atoms with van der Waals surface area (Å²) in [6.45, 7) is 2.09. The first-order valence-corrected chi connectivity index (χ1v) is 8.42. The van der Waals surface area contributed by atoms with E-state index in [-0.39, 0.29) is 12.5 Å². The monoisotopic (exact) mass is 347 g/mol. The van der Waals surface area contributed by atoms with Gasteiger partial charge in [-0.2, -0.15) is 5.10 Å². The van der Waals surface area contributed by atoms with E-state index in [1.165, 1.54) is 16.4 Å². The van der Waals surface area contributed by atoms with Gasteiger partial charge in [-0.25, -0.2) is 4.79 Å². The van der Waals surface area contributed by atoms with Crippen LogP contribution >= 0.6 is 0 Å². The molecule has 2 aromatic carbocycles. The number of nitrogens with one attached hydrogen (secondary N) is 1. The van der Waals surface area contributed by atoms with Crippen LogP contribution in [0.5, 0.6) is 0 Å². The van der Waals surface area contributed by atoms with E-state index < -0.39 is 5.63 Å². The van der Waals surface area contributed by atoms with Gasteiger partial charge in [0.25, 0.3) is 0 Å². The first kappa shape index (κ1) is 16.1. The molecular weight excluding hydrogens is 330 g/mol. The van der Waals surface area contributed by atoms with E-state index in [1.54, 1.807) is 12.1 Å². The molecule has 0 aliphatic carbocycles. The van der Waals surface area contributed by atoms with E-state index in [0.29, 0.717) is 16.5 Å². The van der Waals surface area contributed by atoms with Gasteiger partial charge in [-0.3, -0.25) is 9.48 Å².